The number of allylic oxidation sites excluding steroid dienone is 5. The number of alkyl halides is 2. The van der Waals surface area contributed by atoms with Crippen LogP contribution in [-0.4, -0.2) is 39.7 Å². The van der Waals surface area contributed by atoms with Crippen molar-refractivity contribution in [2.24, 2.45) is 41.4 Å². The maximum Gasteiger partial charge on any atom is 0.316 e. The van der Waals surface area contributed by atoms with Crippen LogP contribution in [0.3, 0.4) is 0 Å². The molecule has 0 aromatic rings. The second-order valence-corrected chi connectivity index (χ2v) is 11.8. The van der Waals surface area contributed by atoms with E-state index in [1.54, 1.807) is 13.0 Å². The van der Waals surface area contributed by atoms with Gasteiger partial charge in [0.25, 0.3) is 0 Å². The monoisotopic (exact) mass is 494 g/mol. The molecule has 0 amide bonds. The zero-order chi connectivity index (χ0) is 24.3. The molecule has 4 aliphatic rings. The van der Waals surface area contributed by atoms with Gasteiger partial charge in [0.15, 0.2) is 11.6 Å². The van der Waals surface area contributed by atoms with Crippen molar-refractivity contribution in [3.05, 3.63) is 36.5 Å². The Balaban J connectivity index is 1.78. The van der Waals surface area contributed by atoms with Gasteiger partial charge in [-0.1, -0.05) is 67.4 Å². The van der Waals surface area contributed by atoms with Crippen LogP contribution in [0.2, 0.25) is 0 Å². The highest BCUT2D eigenvalue weighted by molar-refractivity contribution is 6.68. The van der Waals surface area contributed by atoms with E-state index in [2.05, 4.69) is 32.9 Å². The summed E-state index contributed by atoms with van der Waals surface area (Å²) in [5.74, 6) is -3.95. The molecule has 0 spiro atoms. The van der Waals surface area contributed by atoms with E-state index in [4.69, 9.17) is 32.7 Å². The van der Waals surface area contributed by atoms with Crippen LogP contribution in [0.15, 0.2) is 36.5 Å². The van der Waals surface area contributed by atoms with Gasteiger partial charge in [-0.3, -0.25) is 14.4 Å². The molecule has 0 aromatic carbocycles. The Kier molecular flexibility index (Phi) is 6.48. The average Bonchev–Trinajstić information content (AvgIpc) is 3.45. The van der Waals surface area contributed by atoms with Gasteiger partial charge in [-0.05, 0) is 62.9 Å². The van der Waals surface area contributed by atoms with Crippen LogP contribution in [-0.2, 0) is 23.9 Å². The molecule has 5 nitrogen and oxygen atoms in total. The second kappa shape index (κ2) is 8.66. The molecule has 1 saturated carbocycles. The Labute approximate surface area is 205 Å². The molecule has 2 aliphatic heterocycles. The van der Waals surface area contributed by atoms with Crippen molar-refractivity contribution in [1.29, 1.82) is 0 Å². The van der Waals surface area contributed by atoms with Gasteiger partial charge in [0.2, 0.25) is 4.33 Å². The van der Waals surface area contributed by atoms with Gasteiger partial charge in [0.05, 0.1) is 11.7 Å². The Morgan fingerprint density at radius 3 is 2.30 bits per heavy atom. The van der Waals surface area contributed by atoms with Crippen molar-refractivity contribution in [3.63, 3.8) is 0 Å². The zero-order valence-electron chi connectivity index (χ0n) is 19.7. The Morgan fingerprint density at radius 1 is 0.939 bits per heavy atom. The Hall–Kier alpha value is -1.43. The summed E-state index contributed by atoms with van der Waals surface area (Å²) in [6.45, 7) is 9.36. The fourth-order valence-electron chi connectivity index (χ4n) is 6.19. The molecule has 180 valence electrons. The van der Waals surface area contributed by atoms with Gasteiger partial charge in [-0.25, -0.2) is 0 Å². The van der Waals surface area contributed by atoms with E-state index >= 15 is 0 Å². The first kappa shape index (κ1) is 24.7. The summed E-state index contributed by atoms with van der Waals surface area (Å²) in [5, 5.41) is 0. The van der Waals surface area contributed by atoms with Crippen LogP contribution in [0.1, 0.15) is 41.0 Å². The fourth-order valence-corrected chi connectivity index (χ4v) is 6.77. The third kappa shape index (κ3) is 4.26. The van der Waals surface area contributed by atoms with Crippen molar-refractivity contribution in [2.45, 2.75) is 63.2 Å². The van der Waals surface area contributed by atoms with E-state index < -0.39 is 39.8 Å². The lowest BCUT2D eigenvalue weighted by molar-refractivity contribution is -0.154. The first-order valence-corrected chi connectivity index (χ1v) is 12.5. The summed E-state index contributed by atoms with van der Waals surface area (Å²) < 4.78 is 9.03. The van der Waals surface area contributed by atoms with Gasteiger partial charge >= 0.3 is 5.97 Å². The fraction of sp³-hybridized carbons (Fsp3) is 0.654. The number of carbonyl (C=O) groups excluding carboxylic acids is 3. The lowest BCUT2D eigenvalue weighted by Gasteiger charge is -2.47. The molecule has 0 bridgehead atoms. The van der Waals surface area contributed by atoms with E-state index in [-0.39, 0.29) is 41.3 Å². The SMILES string of the molecule is C[C@@H]1C(=O)O[C@@H](C)/C=C/C=C\[C@@H](C)[C@@H]2C=C[C@@H]3C[C@]4(C)O[C@@H]4[C@@H](C)[C@H]3[C@@H]2C(=O)C(Cl)(Cl)C1=O. The molecule has 7 heteroatoms. The minimum absolute atomic E-state index is 0.00103. The molecular formula is C26H32Cl2O5. The standard InChI is InChI=1S/C26H32Cl2O5/c1-13-8-6-7-9-14(2)32-24(31)16(4)21(29)26(27,28)22(30)20-18(13)11-10-17-12-25(5)23(33-25)15(3)19(17)20/h6-11,13-20,23H,12H2,1-5H3/b8-6-,9-7+/t13-,14+,15+,16+,17-,18+,19-,20-,23-,25+/m1/s1. The number of rotatable bonds is 0. The highest BCUT2D eigenvalue weighted by atomic mass is 35.5. The van der Waals surface area contributed by atoms with Crippen LogP contribution in [0, 0.1) is 41.4 Å². The molecule has 0 N–H and O–H groups in total. The summed E-state index contributed by atoms with van der Waals surface area (Å²) in [4.78, 5) is 39.8. The maximum absolute atomic E-state index is 14.0. The number of ether oxygens (including phenoxy) is 2. The van der Waals surface area contributed by atoms with Crippen LogP contribution in [0.25, 0.3) is 0 Å². The van der Waals surface area contributed by atoms with Crippen LogP contribution < -0.4 is 0 Å². The number of hydrogen-bond acceptors (Lipinski definition) is 5. The van der Waals surface area contributed by atoms with E-state index in [0.29, 0.717) is 0 Å². The molecular weight excluding hydrogens is 463 g/mol. The van der Waals surface area contributed by atoms with Crippen molar-refractivity contribution in [2.75, 3.05) is 0 Å². The number of epoxide rings is 1. The van der Waals surface area contributed by atoms with E-state index in [9.17, 15) is 14.4 Å². The largest absolute Gasteiger partial charge is 0.458 e. The zero-order valence-corrected chi connectivity index (χ0v) is 21.2. The molecule has 33 heavy (non-hydrogen) atoms. The molecule has 1 saturated heterocycles. The van der Waals surface area contributed by atoms with Crippen LogP contribution in [0.4, 0.5) is 0 Å². The number of esters is 1. The minimum atomic E-state index is -2.34. The third-order valence-corrected chi connectivity index (χ3v) is 8.80. The average molecular weight is 495 g/mol. The van der Waals surface area contributed by atoms with Gasteiger partial charge < -0.3 is 9.47 Å². The summed E-state index contributed by atoms with van der Waals surface area (Å²) in [6, 6.07) is 0. The number of halogens is 2. The molecule has 2 fully saturated rings. The lowest BCUT2D eigenvalue weighted by Crippen LogP contribution is -2.54. The molecule has 10 atom stereocenters. The van der Waals surface area contributed by atoms with Gasteiger partial charge in [-0.15, -0.1) is 0 Å². The van der Waals surface area contributed by atoms with Crippen molar-refractivity contribution < 1.29 is 23.9 Å². The number of ketones is 2. The predicted molar refractivity (Wildman–Crippen MR) is 127 cm³/mol. The molecule has 2 heterocycles. The van der Waals surface area contributed by atoms with E-state index in [1.165, 1.54) is 6.92 Å². The quantitative estimate of drug-likeness (QED) is 0.158. The summed E-state index contributed by atoms with van der Waals surface area (Å²) in [6.07, 6.45) is 12.1. The number of fused-ring (bicyclic) bond motifs is 4. The van der Waals surface area contributed by atoms with Crippen LogP contribution >= 0.6 is 23.2 Å². The van der Waals surface area contributed by atoms with Crippen molar-refractivity contribution in [1.82, 2.24) is 0 Å². The van der Waals surface area contributed by atoms with Gasteiger partial charge in [-0.2, -0.15) is 0 Å². The molecule has 2 aliphatic carbocycles. The first-order chi connectivity index (χ1) is 15.4. The summed E-state index contributed by atoms with van der Waals surface area (Å²) >= 11 is 13.1. The van der Waals surface area contributed by atoms with Gasteiger partial charge in [0.1, 0.15) is 12.0 Å². The Bertz CT molecular complexity index is 937. The minimum Gasteiger partial charge on any atom is -0.458 e. The second-order valence-electron chi connectivity index (χ2n) is 10.4. The van der Waals surface area contributed by atoms with Crippen molar-refractivity contribution >= 4 is 40.7 Å². The summed E-state index contributed by atoms with van der Waals surface area (Å²) in [5.41, 5.74) is -0.164. The van der Waals surface area contributed by atoms with E-state index in [0.717, 1.165) is 6.42 Å². The molecule has 0 radical (unpaired) electrons. The number of hydrogen-bond donors (Lipinski definition) is 0. The predicted octanol–water partition coefficient (Wildman–Crippen LogP) is 4.86. The van der Waals surface area contributed by atoms with Crippen LogP contribution in [0.5, 0.6) is 0 Å². The highest BCUT2D eigenvalue weighted by Gasteiger charge is 2.65. The molecule has 4 rings (SSSR count). The molecule has 0 unspecified atom stereocenters. The lowest BCUT2D eigenvalue weighted by atomic mass is 9.56. The summed E-state index contributed by atoms with van der Waals surface area (Å²) in [7, 11) is 0. The first-order valence-electron chi connectivity index (χ1n) is 11.8. The third-order valence-electron chi connectivity index (χ3n) is 8.06. The van der Waals surface area contributed by atoms with Crippen molar-refractivity contribution in [3.8, 4) is 0 Å². The maximum atomic E-state index is 14.0. The number of cyclic esters (lactones) is 1. The smallest absolute Gasteiger partial charge is 0.316 e. The topological polar surface area (TPSA) is 73.0 Å². The highest BCUT2D eigenvalue weighted by Crippen LogP contribution is 2.60. The number of carbonyl (C=O) groups is 3. The molecule has 0 aromatic heterocycles. The van der Waals surface area contributed by atoms with Gasteiger partial charge in [0, 0.05) is 5.92 Å². The Morgan fingerprint density at radius 2 is 1.61 bits per heavy atom. The number of Topliss-reactive ketones (excluding diaryl/α,β-unsaturated/α-hetero) is 2. The van der Waals surface area contributed by atoms with E-state index in [1.807, 2.05) is 18.2 Å². The normalized spacial score (nSPS) is 49.1.